The molecule has 5 heteroatoms. The van der Waals surface area contributed by atoms with E-state index in [4.69, 9.17) is 0 Å². The Bertz CT molecular complexity index is 570. The fourth-order valence-electron chi connectivity index (χ4n) is 3.32. The predicted molar refractivity (Wildman–Crippen MR) is 91.6 cm³/mol. The summed E-state index contributed by atoms with van der Waals surface area (Å²) in [6.07, 6.45) is 4.46. The molecule has 1 amide bonds. The van der Waals surface area contributed by atoms with Crippen LogP contribution in [-0.4, -0.2) is 42.4 Å². The number of benzene rings is 1. The Morgan fingerprint density at radius 1 is 1.17 bits per heavy atom. The summed E-state index contributed by atoms with van der Waals surface area (Å²) < 4.78 is 26.5. The van der Waals surface area contributed by atoms with Gasteiger partial charge in [0, 0.05) is 19.1 Å². The zero-order valence-electron chi connectivity index (χ0n) is 15.1. The van der Waals surface area contributed by atoms with Gasteiger partial charge in [-0.3, -0.25) is 9.69 Å². The molecule has 0 heterocycles. The van der Waals surface area contributed by atoms with Crippen molar-refractivity contribution in [3.05, 3.63) is 35.4 Å². The Labute approximate surface area is 143 Å². The standard InChI is InChI=1S/C19H28F2N2O/c1-13-5-8-16(9-6-13)23(4)19(24)12-22(3)14(2)15-7-10-17(20)18(21)11-15/h7,10-11,13-14,16H,5-6,8-9,12H2,1-4H3. The van der Waals surface area contributed by atoms with E-state index in [0.717, 1.165) is 24.8 Å². The number of amides is 1. The average Bonchev–Trinajstić information content (AvgIpc) is 2.56. The first-order valence-corrected chi connectivity index (χ1v) is 8.70. The second kappa shape index (κ2) is 8.06. The van der Waals surface area contributed by atoms with Crippen molar-refractivity contribution in [3.8, 4) is 0 Å². The molecule has 1 aromatic carbocycles. The van der Waals surface area contributed by atoms with Gasteiger partial charge in [0.25, 0.3) is 0 Å². The van der Waals surface area contributed by atoms with Gasteiger partial charge in [-0.25, -0.2) is 8.78 Å². The maximum atomic E-state index is 13.4. The van der Waals surface area contributed by atoms with Gasteiger partial charge in [0.1, 0.15) is 0 Å². The first kappa shape index (κ1) is 18.8. The third kappa shape index (κ3) is 4.53. The van der Waals surface area contributed by atoms with Crippen LogP contribution in [0, 0.1) is 17.6 Å². The Morgan fingerprint density at radius 3 is 2.38 bits per heavy atom. The maximum absolute atomic E-state index is 13.4. The number of halogens is 2. The van der Waals surface area contributed by atoms with Crippen molar-refractivity contribution in [1.29, 1.82) is 0 Å². The minimum atomic E-state index is -0.854. The highest BCUT2D eigenvalue weighted by molar-refractivity contribution is 5.78. The number of nitrogens with zero attached hydrogens (tertiary/aromatic N) is 2. The van der Waals surface area contributed by atoms with Gasteiger partial charge in [0.2, 0.25) is 5.91 Å². The largest absolute Gasteiger partial charge is 0.342 e. The fraction of sp³-hybridized carbons (Fsp3) is 0.632. The third-order valence-electron chi connectivity index (χ3n) is 5.40. The summed E-state index contributed by atoms with van der Waals surface area (Å²) in [7, 11) is 3.71. The van der Waals surface area contributed by atoms with Gasteiger partial charge >= 0.3 is 0 Å². The van der Waals surface area contributed by atoms with Crippen LogP contribution in [0.4, 0.5) is 8.78 Å². The van der Waals surface area contributed by atoms with E-state index in [9.17, 15) is 13.6 Å². The summed E-state index contributed by atoms with van der Waals surface area (Å²) in [4.78, 5) is 16.3. The molecular formula is C19H28F2N2O. The molecule has 1 unspecified atom stereocenters. The van der Waals surface area contributed by atoms with E-state index in [0.29, 0.717) is 11.6 Å². The number of hydrogen-bond acceptors (Lipinski definition) is 2. The van der Waals surface area contributed by atoms with Crippen molar-refractivity contribution in [2.75, 3.05) is 20.6 Å². The highest BCUT2D eigenvalue weighted by Gasteiger charge is 2.26. The second-order valence-electron chi connectivity index (χ2n) is 7.18. The van der Waals surface area contributed by atoms with Gasteiger partial charge in [-0.05, 0) is 63.3 Å². The number of carbonyl (C=O) groups excluding carboxylic acids is 1. The molecule has 0 aromatic heterocycles. The molecule has 0 spiro atoms. The Kier molecular flexibility index (Phi) is 6.33. The SMILES string of the molecule is CC1CCC(N(C)C(=O)CN(C)C(C)c2ccc(F)c(F)c2)CC1. The van der Waals surface area contributed by atoms with Crippen molar-refractivity contribution in [3.63, 3.8) is 0 Å². The van der Waals surface area contributed by atoms with Crippen LogP contribution < -0.4 is 0 Å². The van der Waals surface area contributed by atoms with Gasteiger partial charge in [0.15, 0.2) is 11.6 Å². The molecule has 3 nitrogen and oxygen atoms in total. The topological polar surface area (TPSA) is 23.6 Å². The van der Waals surface area contributed by atoms with Crippen LogP contribution in [0.3, 0.4) is 0 Å². The molecule has 1 aliphatic carbocycles. The molecule has 2 rings (SSSR count). The minimum Gasteiger partial charge on any atom is -0.342 e. The molecule has 1 atom stereocenters. The molecule has 134 valence electrons. The van der Waals surface area contributed by atoms with E-state index >= 15 is 0 Å². The summed E-state index contributed by atoms with van der Waals surface area (Å²) in [6.45, 7) is 4.42. The summed E-state index contributed by atoms with van der Waals surface area (Å²) in [5.74, 6) is -0.879. The minimum absolute atomic E-state index is 0.0755. The van der Waals surface area contributed by atoms with Gasteiger partial charge in [-0.15, -0.1) is 0 Å². The molecule has 0 bridgehead atoms. The normalized spacial score (nSPS) is 22.5. The van der Waals surface area contributed by atoms with E-state index in [-0.39, 0.29) is 18.5 Å². The number of likely N-dealkylation sites (N-methyl/N-ethyl adjacent to an activating group) is 2. The highest BCUT2D eigenvalue weighted by atomic mass is 19.2. The van der Waals surface area contributed by atoms with E-state index in [1.54, 1.807) is 6.07 Å². The third-order valence-corrected chi connectivity index (χ3v) is 5.40. The average molecular weight is 338 g/mol. The highest BCUT2D eigenvalue weighted by Crippen LogP contribution is 2.27. The molecule has 1 aliphatic rings. The Morgan fingerprint density at radius 2 is 1.79 bits per heavy atom. The zero-order chi connectivity index (χ0) is 17.9. The van der Waals surface area contributed by atoms with Crippen molar-refractivity contribution in [2.24, 2.45) is 5.92 Å². The van der Waals surface area contributed by atoms with Crippen molar-refractivity contribution in [1.82, 2.24) is 9.80 Å². The van der Waals surface area contributed by atoms with Crippen LogP contribution in [0.2, 0.25) is 0 Å². The number of hydrogen-bond donors (Lipinski definition) is 0. The fourth-order valence-corrected chi connectivity index (χ4v) is 3.32. The van der Waals surface area contributed by atoms with Gasteiger partial charge in [0.05, 0.1) is 6.54 Å². The Balaban J connectivity index is 1.93. The lowest BCUT2D eigenvalue weighted by molar-refractivity contribution is -0.134. The van der Waals surface area contributed by atoms with E-state index < -0.39 is 11.6 Å². The van der Waals surface area contributed by atoms with Crippen LogP contribution in [0.15, 0.2) is 18.2 Å². The molecular weight excluding hydrogens is 310 g/mol. The lowest BCUT2D eigenvalue weighted by Gasteiger charge is -2.35. The van der Waals surface area contributed by atoms with Gasteiger partial charge in [-0.1, -0.05) is 13.0 Å². The van der Waals surface area contributed by atoms with E-state index in [2.05, 4.69) is 6.92 Å². The lowest BCUT2D eigenvalue weighted by Crippen LogP contribution is -2.44. The van der Waals surface area contributed by atoms with Gasteiger partial charge in [-0.2, -0.15) is 0 Å². The Hall–Kier alpha value is -1.49. The summed E-state index contributed by atoms with van der Waals surface area (Å²) >= 11 is 0. The van der Waals surface area contributed by atoms with Crippen LogP contribution in [0.5, 0.6) is 0 Å². The van der Waals surface area contributed by atoms with Crippen molar-refractivity contribution >= 4 is 5.91 Å². The number of rotatable bonds is 5. The quantitative estimate of drug-likeness (QED) is 0.810. The zero-order valence-corrected chi connectivity index (χ0v) is 15.1. The lowest BCUT2D eigenvalue weighted by atomic mass is 9.87. The smallest absolute Gasteiger partial charge is 0.236 e. The predicted octanol–water partition coefficient (Wildman–Crippen LogP) is 3.99. The maximum Gasteiger partial charge on any atom is 0.236 e. The molecule has 0 radical (unpaired) electrons. The van der Waals surface area contributed by atoms with Crippen LogP contribution in [-0.2, 0) is 4.79 Å². The molecule has 1 aromatic rings. The molecule has 0 N–H and O–H groups in total. The van der Waals surface area contributed by atoms with Gasteiger partial charge < -0.3 is 4.90 Å². The number of carbonyl (C=O) groups is 1. The summed E-state index contributed by atoms with van der Waals surface area (Å²) in [5.41, 5.74) is 0.665. The van der Waals surface area contributed by atoms with Crippen molar-refractivity contribution < 1.29 is 13.6 Å². The monoisotopic (exact) mass is 338 g/mol. The summed E-state index contributed by atoms with van der Waals surface area (Å²) in [6, 6.07) is 4.06. The summed E-state index contributed by atoms with van der Waals surface area (Å²) in [5, 5.41) is 0. The molecule has 0 aliphatic heterocycles. The second-order valence-corrected chi connectivity index (χ2v) is 7.18. The van der Waals surface area contributed by atoms with Crippen LogP contribution in [0.1, 0.15) is 51.1 Å². The first-order valence-electron chi connectivity index (χ1n) is 8.70. The molecule has 1 saturated carbocycles. The van der Waals surface area contributed by atoms with Crippen LogP contribution >= 0.6 is 0 Å². The van der Waals surface area contributed by atoms with E-state index in [1.165, 1.54) is 18.9 Å². The molecule has 1 fully saturated rings. The van der Waals surface area contributed by atoms with E-state index in [1.807, 2.05) is 30.8 Å². The van der Waals surface area contributed by atoms with Crippen LogP contribution in [0.25, 0.3) is 0 Å². The first-order chi connectivity index (χ1) is 11.3. The molecule has 24 heavy (non-hydrogen) atoms. The molecule has 0 saturated heterocycles. The van der Waals surface area contributed by atoms with Crippen molar-refractivity contribution in [2.45, 2.75) is 51.6 Å².